The summed E-state index contributed by atoms with van der Waals surface area (Å²) in [6, 6.07) is 8.45. The number of imidazole rings is 1. The Balaban J connectivity index is 2.47. The van der Waals surface area contributed by atoms with Crippen molar-refractivity contribution in [3.05, 3.63) is 40.1 Å². The summed E-state index contributed by atoms with van der Waals surface area (Å²) in [6.07, 6.45) is 7.21. The van der Waals surface area contributed by atoms with Gasteiger partial charge < -0.3 is 4.98 Å². The van der Waals surface area contributed by atoms with Gasteiger partial charge in [0.15, 0.2) is 0 Å². The SMILES string of the molecule is CCCC(CC)c1nc(-c2ccc(Br)cc2)[nH]c1C(CC)CCC. The van der Waals surface area contributed by atoms with Crippen molar-refractivity contribution in [1.29, 1.82) is 0 Å². The Kier molecular flexibility index (Phi) is 7.54. The van der Waals surface area contributed by atoms with Crippen LogP contribution in [0.1, 0.15) is 89.4 Å². The number of hydrogen-bond donors (Lipinski definition) is 1. The molecule has 0 aliphatic rings. The van der Waals surface area contributed by atoms with E-state index in [1.165, 1.54) is 49.1 Å². The van der Waals surface area contributed by atoms with Crippen molar-refractivity contribution in [2.24, 2.45) is 0 Å². The van der Waals surface area contributed by atoms with Gasteiger partial charge in [-0.1, -0.05) is 68.6 Å². The van der Waals surface area contributed by atoms with E-state index in [9.17, 15) is 0 Å². The van der Waals surface area contributed by atoms with Crippen LogP contribution in [0, 0.1) is 0 Å². The van der Waals surface area contributed by atoms with Gasteiger partial charge in [-0.25, -0.2) is 4.98 Å². The summed E-state index contributed by atoms with van der Waals surface area (Å²) in [5, 5.41) is 0. The summed E-state index contributed by atoms with van der Waals surface area (Å²) in [6.45, 7) is 9.13. The molecule has 2 rings (SSSR count). The first-order chi connectivity index (χ1) is 11.6. The van der Waals surface area contributed by atoms with Crippen LogP contribution in [0.25, 0.3) is 11.4 Å². The quantitative estimate of drug-likeness (QED) is 0.473. The monoisotopic (exact) mass is 390 g/mol. The summed E-state index contributed by atoms with van der Waals surface area (Å²) >= 11 is 3.52. The molecule has 2 nitrogen and oxygen atoms in total. The molecule has 0 aliphatic carbocycles. The number of hydrogen-bond acceptors (Lipinski definition) is 1. The lowest BCUT2D eigenvalue weighted by Crippen LogP contribution is -2.06. The van der Waals surface area contributed by atoms with Gasteiger partial charge in [-0.3, -0.25) is 0 Å². The van der Waals surface area contributed by atoms with Gasteiger partial charge in [0.25, 0.3) is 0 Å². The molecule has 1 aromatic carbocycles. The van der Waals surface area contributed by atoms with Crippen LogP contribution in [-0.2, 0) is 0 Å². The molecule has 0 saturated heterocycles. The van der Waals surface area contributed by atoms with Crippen LogP contribution >= 0.6 is 15.9 Å². The molecule has 0 amide bonds. The minimum Gasteiger partial charge on any atom is -0.341 e. The number of nitrogens with zero attached hydrogens (tertiary/aromatic N) is 1. The Morgan fingerprint density at radius 3 is 2.04 bits per heavy atom. The fourth-order valence-corrected chi connectivity index (χ4v) is 3.82. The molecule has 24 heavy (non-hydrogen) atoms. The zero-order valence-corrected chi connectivity index (χ0v) is 17.1. The average Bonchev–Trinajstić information content (AvgIpc) is 3.03. The fraction of sp³-hybridized carbons (Fsp3) is 0.571. The Morgan fingerprint density at radius 2 is 1.50 bits per heavy atom. The molecule has 2 aromatic rings. The van der Waals surface area contributed by atoms with Gasteiger partial charge in [0.05, 0.1) is 5.69 Å². The first-order valence-electron chi connectivity index (χ1n) is 9.50. The lowest BCUT2D eigenvalue weighted by atomic mass is 9.88. The highest BCUT2D eigenvalue weighted by atomic mass is 79.9. The maximum atomic E-state index is 5.08. The Hall–Kier alpha value is -1.09. The normalized spacial score (nSPS) is 13.9. The van der Waals surface area contributed by atoms with Crippen LogP contribution < -0.4 is 0 Å². The molecule has 132 valence electrons. The molecule has 1 N–H and O–H groups in total. The number of halogens is 1. The van der Waals surface area contributed by atoms with Crippen molar-refractivity contribution >= 4 is 15.9 Å². The highest BCUT2D eigenvalue weighted by molar-refractivity contribution is 9.10. The number of nitrogens with one attached hydrogen (secondary N) is 1. The molecule has 1 aromatic heterocycles. The second-order valence-electron chi connectivity index (χ2n) is 6.68. The van der Waals surface area contributed by atoms with Gasteiger partial charge in [-0.2, -0.15) is 0 Å². The van der Waals surface area contributed by atoms with E-state index < -0.39 is 0 Å². The van der Waals surface area contributed by atoms with Gasteiger partial charge >= 0.3 is 0 Å². The van der Waals surface area contributed by atoms with Crippen LogP contribution in [-0.4, -0.2) is 9.97 Å². The minimum atomic E-state index is 0.566. The lowest BCUT2D eigenvalue weighted by Gasteiger charge is -2.18. The van der Waals surface area contributed by atoms with Gasteiger partial charge in [-0.15, -0.1) is 0 Å². The zero-order chi connectivity index (χ0) is 17.5. The third-order valence-corrected chi connectivity index (χ3v) is 5.46. The molecule has 2 atom stereocenters. The molecule has 3 heteroatoms. The smallest absolute Gasteiger partial charge is 0.137 e. The molecule has 0 saturated carbocycles. The fourth-order valence-electron chi connectivity index (χ4n) is 3.55. The van der Waals surface area contributed by atoms with Crippen LogP contribution in [0.3, 0.4) is 0 Å². The van der Waals surface area contributed by atoms with E-state index in [-0.39, 0.29) is 0 Å². The minimum absolute atomic E-state index is 0.566. The second kappa shape index (κ2) is 9.41. The number of rotatable bonds is 9. The van der Waals surface area contributed by atoms with Gasteiger partial charge in [0.1, 0.15) is 5.82 Å². The van der Waals surface area contributed by atoms with Crippen LogP contribution in [0.15, 0.2) is 28.7 Å². The van der Waals surface area contributed by atoms with E-state index in [1.54, 1.807) is 0 Å². The maximum Gasteiger partial charge on any atom is 0.137 e. The van der Waals surface area contributed by atoms with E-state index in [0.29, 0.717) is 11.8 Å². The third-order valence-electron chi connectivity index (χ3n) is 4.93. The molecular formula is C21H31BrN2. The Labute approximate surface area is 155 Å². The van der Waals surface area contributed by atoms with Crippen LogP contribution in [0.5, 0.6) is 0 Å². The summed E-state index contributed by atoms with van der Waals surface area (Å²) in [4.78, 5) is 8.78. The summed E-state index contributed by atoms with van der Waals surface area (Å²) in [5.41, 5.74) is 3.87. The van der Waals surface area contributed by atoms with Crippen LogP contribution in [0.2, 0.25) is 0 Å². The predicted octanol–water partition coefficient (Wildman–Crippen LogP) is 7.43. The van der Waals surface area contributed by atoms with Crippen molar-refractivity contribution in [2.75, 3.05) is 0 Å². The molecule has 0 aliphatic heterocycles. The van der Waals surface area contributed by atoms with Gasteiger partial charge in [0.2, 0.25) is 0 Å². The molecular weight excluding hydrogens is 360 g/mol. The lowest BCUT2D eigenvalue weighted by molar-refractivity contribution is 0.541. The predicted molar refractivity (Wildman–Crippen MR) is 108 cm³/mol. The van der Waals surface area contributed by atoms with Crippen LogP contribution in [0.4, 0.5) is 0 Å². The van der Waals surface area contributed by atoms with E-state index in [4.69, 9.17) is 4.98 Å². The molecule has 0 spiro atoms. The summed E-state index contributed by atoms with van der Waals surface area (Å²) in [5.74, 6) is 2.18. The number of H-pyrrole nitrogens is 1. The molecule has 0 radical (unpaired) electrons. The van der Waals surface area contributed by atoms with Gasteiger partial charge in [-0.05, 0) is 37.8 Å². The molecule has 2 unspecified atom stereocenters. The first kappa shape index (κ1) is 19.2. The Morgan fingerprint density at radius 1 is 0.917 bits per heavy atom. The Bertz CT molecular complexity index is 584. The largest absolute Gasteiger partial charge is 0.341 e. The average molecular weight is 391 g/mol. The summed E-state index contributed by atoms with van der Waals surface area (Å²) in [7, 11) is 0. The molecule has 0 fully saturated rings. The van der Waals surface area contributed by atoms with E-state index >= 15 is 0 Å². The van der Waals surface area contributed by atoms with Crippen molar-refractivity contribution < 1.29 is 0 Å². The molecule has 1 heterocycles. The van der Waals surface area contributed by atoms with E-state index in [1.807, 2.05) is 0 Å². The number of aromatic amines is 1. The van der Waals surface area contributed by atoms with Gasteiger partial charge in [0, 0.05) is 27.6 Å². The number of benzene rings is 1. The zero-order valence-electron chi connectivity index (χ0n) is 15.5. The summed E-state index contributed by atoms with van der Waals surface area (Å²) < 4.78 is 1.10. The van der Waals surface area contributed by atoms with Crippen molar-refractivity contribution in [3.8, 4) is 11.4 Å². The number of aromatic nitrogens is 2. The van der Waals surface area contributed by atoms with Crippen molar-refractivity contribution in [3.63, 3.8) is 0 Å². The second-order valence-corrected chi connectivity index (χ2v) is 7.59. The van der Waals surface area contributed by atoms with E-state index in [0.717, 1.165) is 16.7 Å². The topological polar surface area (TPSA) is 28.7 Å². The standard InChI is InChI=1S/C21H31BrN2/c1-5-9-15(7-3)19-20(16(8-4)10-6-2)24-21(23-19)17-11-13-18(22)14-12-17/h11-16H,5-10H2,1-4H3,(H,23,24). The molecule has 0 bridgehead atoms. The first-order valence-corrected chi connectivity index (χ1v) is 10.3. The third kappa shape index (κ3) is 4.50. The highest BCUT2D eigenvalue weighted by Crippen LogP contribution is 2.35. The van der Waals surface area contributed by atoms with Crippen molar-refractivity contribution in [1.82, 2.24) is 9.97 Å². The maximum absolute atomic E-state index is 5.08. The highest BCUT2D eigenvalue weighted by Gasteiger charge is 2.23. The van der Waals surface area contributed by atoms with Crippen molar-refractivity contribution in [2.45, 2.75) is 78.1 Å². The van der Waals surface area contributed by atoms with E-state index in [2.05, 4.69) is 72.9 Å².